The van der Waals surface area contributed by atoms with E-state index in [-0.39, 0.29) is 18.3 Å². The lowest BCUT2D eigenvalue weighted by molar-refractivity contribution is -0.141. The molecular weight excluding hydrogens is 194 g/mol. The number of phenols is 1. The van der Waals surface area contributed by atoms with Crippen LogP contribution in [0.3, 0.4) is 0 Å². The summed E-state index contributed by atoms with van der Waals surface area (Å²) in [5.74, 6) is -0.0705. The minimum Gasteiger partial charge on any atom is -0.508 e. The summed E-state index contributed by atoms with van der Waals surface area (Å²) in [6, 6.07) is 6.87. The first-order valence-corrected chi connectivity index (χ1v) is 4.55. The predicted octanol–water partition coefficient (Wildman–Crippen LogP) is 1.52. The van der Waals surface area contributed by atoms with E-state index in [1.165, 1.54) is 7.11 Å². The van der Waals surface area contributed by atoms with Crippen LogP contribution < -0.4 is 0 Å². The maximum atomic E-state index is 11.1. The molecular formula is C11H11NO3. The van der Waals surface area contributed by atoms with Gasteiger partial charge in [-0.2, -0.15) is 0 Å². The van der Waals surface area contributed by atoms with Crippen molar-refractivity contribution in [3.05, 3.63) is 30.5 Å². The molecule has 15 heavy (non-hydrogen) atoms. The highest BCUT2D eigenvalue weighted by molar-refractivity contribution is 5.83. The second-order valence-corrected chi connectivity index (χ2v) is 3.26. The Morgan fingerprint density at radius 1 is 1.47 bits per heavy atom. The number of fused-ring (bicyclic) bond motifs is 1. The Kier molecular flexibility index (Phi) is 2.33. The summed E-state index contributed by atoms with van der Waals surface area (Å²) in [6.07, 6.45) is 1.79. The summed E-state index contributed by atoms with van der Waals surface area (Å²) in [4.78, 5) is 11.1. The Morgan fingerprint density at radius 2 is 2.27 bits per heavy atom. The molecule has 0 unspecified atom stereocenters. The fourth-order valence-electron chi connectivity index (χ4n) is 1.53. The number of esters is 1. The first kappa shape index (κ1) is 9.58. The minimum absolute atomic E-state index is 0.185. The average Bonchev–Trinajstić information content (AvgIpc) is 2.60. The number of methoxy groups -OCH3 is 1. The first-order chi connectivity index (χ1) is 7.20. The molecule has 0 amide bonds. The molecule has 0 bridgehead atoms. The zero-order valence-corrected chi connectivity index (χ0v) is 8.30. The quantitative estimate of drug-likeness (QED) is 0.756. The van der Waals surface area contributed by atoms with E-state index in [9.17, 15) is 9.90 Å². The molecule has 78 valence electrons. The lowest BCUT2D eigenvalue weighted by Crippen LogP contribution is -2.10. The van der Waals surface area contributed by atoms with Crippen molar-refractivity contribution in [2.75, 3.05) is 7.11 Å². The second kappa shape index (κ2) is 3.65. The van der Waals surface area contributed by atoms with Crippen LogP contribution in [0.25, 0.3) is 10.9 Å². The van der Waals surface area contributed by atoms with Crippen molar-refractivity contribution in [1.82, 2.24) is 4.57 Å². The zero-order chi connectivity index (χ0) is 10.8. The predicted molar refractivity (Wildman–Crippen MR) is 55.6 cm³/mol. The molecule has 2 aromatic rings. The summed E-state index contributed by atoms with van der Waals surface area (Å²) in [6.45, 7) is 0.185. The second-order valence-electron chi connectivity index (χ2n) is 3.26. The molecule has 0 saturated carbocycles. The van der Waals surface area contributed by atoms with Gasteiger partial charge in [-0.25, -0.2) is 0 Å². The first-order valence-electron chi connectivity index (χ1n) is 4.55. The molecule has 1 aromatic heterocycles. The molecule has 0 aliphatic heterocycles. The lowest BCUT2D eigenvalue weighted by Gasteiger charge is -2.03. The summed E-state index contributed by atoms with van der Waals surface area (Å²) in [5, 5.41) is 10.2. The van der Waals surface area contributed by atoms with Crippen LogP contribution in [0.2, 0.25) is 0 Å². The van der Waals surface area contributed by atoms with E-state index in [0.29, 0.717) is 0 Å². The van der Waals surface area contributed by atoms with Crippen molar-refractivity contribution in [3.63, 3.8) is 0 Å². The number of aromatic nitrogens is 1. The van der Waals surface area contributed by atoms with Crippen molar-refractivity contribution in [2.45, 2.75) is 6.54 Å². The highest BCUT2D eigenvalue weighted by Crippen LogP contribution is 2.20. The Balaban J connectivity index is 2.41. The van der Waals surface area contributed by atoms with Crippen molar-refractivity contribution >= 4 is 16.9 Å². The van der Waals surface area contributed by atoms with Crippen molar-refractivity contribution in [2.24, 2.45) is 0 Å². The number of nitrogens with zero attached hydrogens (tertiary/aromatic N) is 1. The van der Waals surface area contributed by atoms with Gasteiger partial charge in [0.15, 0.2) is 0 Å². The fourth-order valence-corrected chi connectivity index (χ4v) is 1.53. The standard InChI is InChI=1S/C11H11NO3/c1-15-11(14)7-12-5-4-8-6-9(13)2-3-10(8)12/h2-6,13H,7H2,1H3. The molecule has 4 nitrogen and oxygen atoms in total. The molecule has 0 spiro atoms. The molecule has 0 fully saturated rings. The van der Waals surface area contributed by atoms with Crippen LogP contribution in [-0.4, -0.2) is 22.8 Å². The SMILES string of the molecule is COC(=O)Cn1ccc2cc(O)ccc21. The third-order valence-electron chi connectivity index (χ3n) is 2.28. The molecule has 0 radical (unpaired) electrons. The Morgan fingerprint density at radius 3 is 3.00 bits per heavy atom. The maximum absolute atomic E-state index is 11.1. The summed E-state index contributed by atoms with van der Waals surface area (Å²) in [5.41, 5.74) is 0.901. The van der Waals surface area contributed by atoms with Gasteiger partial charge >= 0.3 is 5.97 Å². The van der Waals surface area contributed by atoms with E-state index in [4.69, 9.17) is 0 Å². The van der Waals surface area contributed by atoms with E-state index in [1.54, 1.807) is 29.0 Å². The number of carbonyl (C=O) groups is 1. The van der Waals surface area contributed by atoms with Crippen molar-refractivity contribution in [1.29, 1.82) is 0 Å². The van der Waals surface area contributed by atoms with Gasteiger partial charge in [0, 0.05) is 17.1 Å². The number of hydrogen-bond acceptors (Lipinski definition) is 3. The van der Waals surface area contributed by atoms with E-state index in [2.05, 4.69) is 4.74 Å². The van der Waals surface area contributed by atoms with Gasteiger partial charge in [0.2, 0.25) is 0 Å². The zero-order valence-electron chi connectivity index (χ0n) is 8.30. The molecule has 4 heteroatoms. The van der Waals surface area contributed by atoms with Crippen molar-refractivity contribution in [3.8, 4) is 5.75 Å². The van der Waals surface area contributed by atoms with E-state index in [0.717, 1.165) is 10.9 Å². The molecule has 1 N–H and O–H groups in total. The highest BCUT2D eigenvalue weighted by Gasteiger charge is 2.05. The summed E-state index contributed by atoms with van der Waals surface area (Å²) in [7, 11) is 1.36. The Hall–Kier alpha value is -1.97. The number of phenolic OH excluding ortho intramolecular Hbond substituents is 1. The molecule has 1 heterocycles. The van der Waals surface area contributed by atoms with Gasteiger partial charge < -0.3 is 14.4 Å². The smallest absolute Gasteiger partial charge is 0.325 e. The van der Waals surface area contributed by atoms with Crippen LogP contribution >= 0.6 is 0 Å². The van der Waals surface area contributed by atoms with Crippen LogP contribution in [0.15, 0.2) is 30.5 Å². The number of benzene rings is 1. The lowest BCUT2D eigenvalue weighted by atomic mass is 10.2. The molecule has 1 aromatic carbocycles. The third-order valence-corrected chi connectivity index (χ3v) is 2.28. The monoisotopic (exact) mass is 205 g/mol. The molecule has 0 atom stereocenters. The van der Waals surface area contributed by atoms with E-state index in [1.807, 2.05) is 6.07 Å². The number of aromatic hydroxyl groups is 1. The Labute approximate surface area is 86.7 Å². The van der Waals surface area contributed by atoms with Crippen LogP contribution in [0, 0.1) is 0 Å². The number of rotatable bonds is 2. The topological polar surface area (TPSA) is 51.5 Å². The largest absolute Gasteiger partial charge is 0.508 e. The van der Waals surface area contributed by atoms with E-state index < -0.39 is 0 Å². The average molecular weight is 205 g/mol. The minimum atomic E-state index is -0.291. The van der Waals surface area contributed by atoms with Gasteiger partial charge in [0.05, 0.1) is 7.11 Å². The Bertz CT molecular complexity index is 502. The molecule has 0 aliphatic rings. The van der Waals surface area contributed by atoms with Gasteiger partial charge in [-0.1, -0.05) is 0 Å². The van der Waals surface area contributed by atoms with Crippen LogP contribution in [-0.2, 0) is 16.1 Å². The third kappa shape index (κ3) is 1.79. The molecule has 0 aliphatic carbocycles. The van der Waals surface area contributed by atoms with Crippen LogP contribution in [0.4, 0.5) is 0 Å². The number of hydrogen-bond donors (Lipinski definition) is 1. The summed E-state index contributed by atoms with van der Waals surface area (Å²) < 4.78 is 6.37. The van der Waals surface area contributed by atoms with E-state index >= 15 is 0 Å². The highest BCUT2D eigenvalue weighted by atomic mass is 16.5. The summed E-state index contributed by atoms with van der Waals surface area (Å²) >= 11 is 0. The van der Waals surface area contributed by atoms with Gasteiger partial charge in [0.1, 0.15) is 12.3 Å². The normalized spacial score (nSPS) is 10.5. The molecule has 2 rings (SSSR count). The van der Waals surface area contributed by atoms with Crippen LogP contribution in [0.5, 0.6) is 5.75 Å². The number of carbonyl (C=O) groups excluding carboxylic acids is 1. The van der Waals surface area contributed by atoms with Gasteiger partial charge in [-0.3, -0.25) is 4.79 Å². The molecule has 0 saturated heterocycles. The van der Waals surface area contributed by atoms with Crippen molar-refractivity contribution < 1.29 is 14.6 Å². The maximum Gasteiger partial charge on any atom is 0.325 e. The fraction of sp³-hybridized carbons (Fsp3) is 0.182. The van der Waals surface area contributed by atoms with Gasteiger partial charge in [0.25, 0.3) is 0 Å². The van der Waals surface area contributed by atoms with Crippen LogP contribution in [0.1, 0.15) is 0 Å². The number of ether oxygens (including phenoxy) is 1. The van der Waals surface area contributed by atoms with Gasteiger partial charge in [-0.15, -0.1) is 0 Å². The van der Waals surface area contributed by atoms with Gasteiger partial charge in [-0.05, 0) is 24.3 Å².